The van der Waals surface area contributed by atoms with Gasteiger partial charge in [-0.15, -0.1) is 11.3 Å². The summed E-state index contributed by atoms with van der Waals surface area (Å²) in [5, 5.41) is 5.77. The molecule has 0 saturated heterocycles. The van der Waals surface area contributed by atoms with Gasteiger partial charge in [-0.3, -0.25) is 0 Å². The maximum atomic E-state index is 3.63. The Morgan fingerprint density at radius 1 is 1.05 bits per heavy atom. The van der Waals surface area contributed by atoms with Crippen LogP contribution in [-0.4, -0.2) is 0 Å². The first-order chi connectivity index (χ1) is 9.24. The third-order valence-electron chi connectivity index (χ3n) is 3.73. The van der Waals surface area contributed by atoms with Crippen molar-refractivity contribution in [1.29, 1.82) is 0 Å². The molecule has 1 heterocycles. The van der Waals surface area contributed by atoms with E-state index in [2.05, 4.69) is 67.9 Å². The van der Waals surface area contributed by atoms with Crippen LogP contribution >= 0.6 is 11.3 Å². The molecule has 1 N–H and O–H groups in total. The standard InChI is InChI=1S/C17H23NS/c1-4-13(3)14-8-10-15(11-9-14)18-16(5-2)17-7-6-12-19-17/h6-13,16,18H,4-5H2,1-3H3. The van der Waals surface area contributed by atoms with Crippen molar-refractivity contribution in [2.24, 2.45) is 0 Å². The molecule has 2 aromatic rings. The molecule has 19 heavy (non-hydrogen) atoms. The topological polar surface area (TPSA) is 12.0 Å². The predicted octanol–water partition coefficient (Wildman–Crippen LogP) is 5.82. The van der Waals surface area contributed by atoms with E-state index in [1.807, 2.05) is 11.3 Å². The first-order valence-electron chi connectivity index (χ1n) is 7.14. The van der Waals surface area contributed by atoms with Gasteiger partial charge >= 0.3 is 0 Å². The first-order valence-corrected chi connectivity index (χ1v) is 8.02. The van der Waals surface area contributed by atoms with Gasteiger partial charge in [-0.2, -0.15) is 0 Å². The molecular weight excluding hydrogens is 250 g/mol. The van der Waals surface area contributed by atoms with Gasteiger partial charge in [0, 0.05) is 10.6 Å². The van der Waals surface area contributed by atoms with Crippen molar-refractivity contribution in [2.75, 3.05) is 5.32 Å². The molecule has 0 amide bonds. The van der Waals surface area contributed by atoms with Crippen molar-refractivity contribution in [3.05, 3.63) is 52.2 Å². The highest BCUT2D eigenvalue weighted by Gasteiger charge is 2.10. The third kappa shape index (κ3) is 3.60. The molecule has 0 aliphatic rings. The van der Waals surface area contributed by atoms with E-state index < -0.39 is 0 Å². The smallest absolute Gasteiger partial charge is 0.0603 e. The SMILES string of the molecule is CCC(C)c1ccc(NC(CC)c2cccs2)cc1. The van der Waals surface area contributed by atoms with Gasteiger partial charge in [0.2, 0.25) is 0 Å². The molecule has 0 aliphatic carbocycles. The van der Waals surface area contributed by atoms with Crippen molar-refractivity contribution < 1.29 is 0 Å². The highest BCUT2D eigenvalue weighted by atomic mass is 32.1. The zero-order chi connectivity index (χ0) is 13.7. The lowest BCUT2D eigenvalue weighted by Gasteiger charge is -2.18. The van der Waals surface area contributed by atoms with Crippen molar-refractivity contribution in [1.82, 2.24) is 0 Å². The Hall–Kier alpha value is -1.28. The second-order valence-electron chi connectivity index (χ2n) is 5.05. The van der Waals surface area contributed by atoms with E-state index in [9.17, 15) is 0 Å². The zero-order valence-electron chi connectivity index (χ0n) is 12.0. The lowest BCUT2D eigenvalue weighted by molar-refractivity contribution is 0.732. The van der Waals surface area contributed by atoms with Crippen LogP contribution in [0.3, 0.4) is 0 Å². The van der Waals surface area contributed by atoms with Crippen molar-refractivity contribution in [2.45, 2.75) is 45.6 Å². The molecule has 2 rings (SSSR count). The van der Waals surface area contributed by atoms with Crippen molar-refractivity contribution in [3.63, 3.8) is 0 Å². The number of anilines is 1. The van der Waals surface area contributed by atoms with E-state index in [1.54, 1.807) is 0 Å². The van der Waals surface area contributed by atoms with Gasteiger partial charge in [0.1, 0.15) is 0 Å². The largest absolute Gasteiger partial charge is 0.377 e. The summed E-state index contributed by atoms with van der Waals surface area (Å²) >= 11 is 1.82. The van der Waals surface area contributed by atoms with Gasteiger partial charge in [-0.1, -0.05) is 39.0 Å². The van der Waals surface area contributed by atoms with E-state index >= 15 is 0 Å². The van der Waals surface area contributed by atoms with Gasteiger partial charge < -0.3 is 5.32 Å². The summed E-state index contributed by atoms with van der Waals surface area (Å²) in [6.45, 7) is 6.74. The number of thiophene rings is 1. The maximum Gasteiger partial charge on any atom is 0.0603 e. The van der Waals surface area contributed by atoms with Gasteiger partial charge in [0.15, 0.2) is 0 Å². The summed E-state index contributed by atoms with van der Waals surface area (Å²) in [4.78, 5) is 1.41. The van der Waals surface area contributed by atoms with E-state index in [-0.39, 0.29) is 0 Å². The molecule has 0 bridgehead atoms. The van der Waals surface area contributed by atoms with Crippen molar-refractivity contribution >= 4 is 17.0 Å². The van der Waals surface area contributed by atoms with Crippen LogP contribution in [0.2, 0.25) is 0 Å². The minimum absolute atomic E-state index is 0.425. The lowest BCUT2D eigenvalue weighted by atomic mass is 9.98. The molecule has 0 spiro atoms. The van der Waals surface area contributed by atoms with Crippen LogP contribution in [0.25, 0.3) is 0 Å². The quantitative estimate of drug-likeness (QED) is 0.698. The molecule has 102 valence electrons. The molecule has 2 heteroatoms. The van der Waals surface area contributed by atoms with Crippen LogP contribution in [0.4, 0.5) is 5.69 Å². The Morgan fingerprint density at radius 3 is 2.32 bits per heavy atom. The fraction of sp³-hybridized carbons (Fsp3) is 0.412. The summed E-state index contributed by atoms with van der Waals surface area (Å²) < 4.78 is 0. The first kappa shape index (κ1) is 14.1. The van der Waals surface area contributed by atoms with E-state index in [0.717, 1.165) is 6.42 Å². The number of benzene rings is 1. The Kier molecular flexibility index (Phi) is 5.03. The molecular formula is C17H23NS. The zero-order valence-corrected chi connectivity index (χ0v) is 12.8. The average Bonchev–Trinajstić information content (AvgIpc) is 2.98. The molecule has 2 unspecified atom stereocenters. The summed E-state index contributed by atoms with van der Waals surface area (Å²) in [6.07, 6.45) is 2.30. The van der Waals surface area contributed by atoms with Crippen LogP contribution in [0, 0.1) is 0 Å². The van der Waals surface area contributed by atoms with Crippen molar-refractivity contribution in [3.8, 4) is 0 Å². The van der Waals surface area contributed by atoms with E-state index in [4.69, 9.17) is 0 Å². The molecule has 0 radical (unpaired) electrons. The summed E-state index contributed by atoms with van der Waals surface area (Å²) in [6, 6.07) is 13.7. The second-order valence-corrected chi connectivity index (χ2v) is 6.03. The number of hydrogen-bond acceptors (Lipinski definition) is 2. The normalized spacial score (nSPS) is 14.1. The fourth-order valence-corrected chi connectivity index (χ4v) is 3.07. The summed E-state index contributed by atoms with van der Waals surface area (Å²) in [7, 11) is 0. The molecule has 1 nitrogen and oxygen atoms in total. The third-order valence-corrected chi connectivity index (χ3v) is 4.71. The molecule has 0 saturated carbocycles. The molecule has 1 aromatic heterocycles. The Morgan fingerprint density at radius 2 is 1.79 bits per heavy atom. The molecule has 1 aromatic carbocycles. The number of hydrogen-bond donors (Lipinski definition) is 1. The Labute approximate surface area is 120 Å². The fourth-order valence-electron chi connectivity index (χ4n) is 2.21. The van der Waals surface area contributed by atoms with E-state index in [1.165, 1.54) is 22.5 Å². The number of nitrogens with one attached hydrogen (secondary N) is 1. The van der Waals surface area contributed by atoms with Gasteiger partial charge in [0.05, 0.1) is 6.04 Å². The van der Waals surface area contributed by atoms with Crippen LogP contribution in [0.1, 0.15) is 56.0 Å². The summed E-state index contributed by atoms with van der Waals surface area (Å²) in [5.41, 5.74) is 2.64. The second kappa shape index (κ2) is 6.76. The van der Waals surface area contributed by atoms with Gasteiger partial charge in [0.25, 0.3) is 0 Å². The van der Waals surface area contributed by atoms with E-state index in [0.29, 0.717) is 12.0 Å². The highest BCUT2D eigenvalue weighted by molar-refractivity contribution is 7.10. The van der Waals surface area contributed by atoms with Gasteiger partial charge in [-0.25, -0.2) is 0 Å². The maximum absolute atomic E-state index is 3.63. The molecule has 2 atom stereocenters. The minimum Gasteiger partial charge on any atom is -0.377 e. The number of rotatable bonds is 6. The minimum atomic E-state index is 0.425. The molecule has 0 aliphatic heterocycles. The molecule has 0 fully saturated rings. The monoisotopic (exact) mass is 273 g/mol. The predicted molar refractivity (Wildman–Crippen MR) is 86.1 cm³/mol. The van der Waals surface area contributed by atoms with Gasteiger partial charge in [-0.05, 0) is 47.9 Å². The Bertz CT molecular complexity index is 472. The lowest BCUT2D eigenvalue weighted by Crippen LogP contribution is -2.08. The summed E-state index contributed by atoms with van der Waals surface area (Å²) in [5.74, 6) is 0.647. The van der Waals surface area contributed by atoms with Crippen LogP contribution in [0.5, 0.6) is 0 Å². The van der Waals surface area contributed by atoms with Crippen LogP contribution in [-0.2, 0) is 0 Å². The highest BCUT2D eigenvalue weighted by Crippen LogP contribution is 2.27. The van der Waals surface area contributed by atoms with Crippen LogP contribution < -0.4 is 5.32 Å². The van der Waals surface area contributed by atoms with Crippen LogP contribution in [0.15, 0.2) is 41.8 Å². The average molecular weight is 273 g/mol. The Balaban J connectivity index is 2.06.